The number of amides is 1. The molecule has 1 N–H and O–H groups in total. The van der Waals surface area contributed by atoms with Gasteiger partial charge < -0.3 is 0 Å². The lowest BCUT2D eigenvalue weighted by molar-refractivity contribution is -0.126. The van der Waals surface area contributed by atoms with Gasteiger partial charge in [0.1, 0.15) is 0 Å². The number of halogens is 1. The van der Waals surface area contributed by atoms with E-state index in [2.05, 4.69) is 10.5 Å². The molecule has 1 aliphatic heterocycles. The molecule has 3 rings (SSSR count). The number of sulfonamides is 1. The van der Waals surface area contributed by atoms with Gasteiger partial charge in [0.15, 0.2) is 0 Å². The maximum atomic E-state index is 12.8. The highest BCUT2D eigenvalue weighted by atomic mass is 35.5. The van der Waals surface area contributed by atoms with Gasteiger partial charge in [0, 0.05) is 23.0 Å². The van der Waals surface area contributed by atoms with E-state index in [1.54, 1.807) is 29.7 Å². The van der Waals surface area contributed by atoms with Crippen LogP contribution in [0.5, 0.6) is 0 Å². The number of piperidine rings is 1. The normalized spacial score (nSPS) is 18.7. The summed E-state index contributed by atoms with van der Waals surface area (Å²) in [4.78, 5) is 13.6. The predicted molar refractivity (Wildman–Crippen MR) is 108 cm³/mol. The zero-order valence-corrected chi connectivity index (χ0v) is 17.1. The number of hydrazone groups is 1. The Morgan fingerprint density at radius 1 is 1.33 bits per heavy atom. The molecule has 6 nitrogen and oxygen atoms in total. The lowest BCUT2D eigenvalue weighted by Crippen LogP contribution is -2.44. The summed E-state index contributed by atoms with van der Waals surface area (Å²) in [7, 11) is -3.65. The molecule has 2 aromatic rings. The number of hydrogen-bond donors (Lipinski definition) is 1. The molecule has 0 unspecified atom stereocenters. The van der Waals surface area contributed by atoms with Crippen LogP contribution in [0, 0.1) is 12.8 Å². The van der Waals surface area contributed by atoms with Crippen molar-refractivity contribution in [3.63, 3.8) is 0 Å². The fourth-order valence-corrected chi connectivity index (χ4v) is 5.33. The molecule has 1 saturated heterocycles. The van der Waals surface area contributed by atoms with Crippen LogP contribution in [0.15, 0.2) is 45.7 Å². The summed E-state index contributed by atoms with van der Waals surface area (Å²) in [6.45, 7) is 2.51. The Balaban J connectivity index is 1.64. The minimum absolute atomic E-state index is 0.143. The minimum Gasteiger partial charge on any atom is -0.273 e. The van der Waals surface area contributed by atoms with Crippen LogP contribution in [0.3, 0.4) is 0 Å². The number of hydrogen-bond acceptors (Lipinski definition) is 5. The van der Waals surface area contributed by atoms with Crippen molar-refractivity contribution in [1.29, 1.82) is 0 Å². The second-order valence-corrected chi connectivity index (χ2v) is 9.68. The molecular formula is C18H20ClN3O3S2. The first-order chi connectivity index (χ1) is 12.9. The molecule has 0 spiro atoms. The quantitative estimate of drug-likeness (QED) is 0.589. The average molecular weight is 426 g/mol. The van der Waals surface area contributed by atoms with E-state index in [0.29, 0.717) is 24.4 Å². The maximum absolute atomic E-state index is 12.8. The van der Waals surface area contributed by atoms with Gasteiger partial charge in [-0.3, -0.25) is 4.79 Å². The molecule has 0 bridgehead atoms. The van der Waals surface area contributed by atoms with Crippen molar-refractivity contribution in [2.24, 2.45) is 11.0 Å². The third-order valence-electron chi connectivity index (χ3n) is 4.46. The Kier molecular flexibility index (Phi) is 6.31. The topological polar surface area (TPSA) is 78.8 Å². The van der Waals surface area contributed by atoms with Gasteiger partial charge in [-0.25, -0.2) is 13.8 Å². The van der Waals surface area contributed by atoms with E-state index in [9.17, 15) is 13.2 Å². The van der Waals surface area contributed by atoms with Crippen molar-refractivity contribution in [2.45, 2.75) is 24.7 Å². The number of rotatable bonds is 5. The maximum Gasteiger partial charge on any atom is 0.244 e. The zero-order chi connectivity index (χ0) is 19.4. The molecule has 1 amide bonds. The SMILES string of the molecule is Cc1ccsc1/C=N\NC(=O)[C@@H]1CCCN(S(=O)(=O)c2ccc(Cl)cc2)C1. The van der Waals surface area contributed by atoms with Crippen molar-refractivity contribution in [3.8, 4) is 0 Å². The lowest BCUT2D eigenvalue weighted by Gasteiger charge is -2.30. The van der Waals surface area contributed by atoms with Crippen LogP contribution in [0.25, 0.3) is 0 Å². The molecule has 1 atom stereocenters. The van der Waals surface area contributed by atoms with Crippen molar-refractivity contribution >= 4 is 45.1 Å². The monoisotopic (exact) mass is 425 g/mol. The van der Waals surface area contributed by atoms with E-state index < -0.39 is 15.9 Å². The molecule has 0 saturated carbocycles. The van der Waals surface area contributed by atoms with E-state index >= 15 is 0 Å². The van der Waals surface area contributed by atoms with Crippen molar-refractivity contribution < 1.29 is 13.2 Å². The Labute approximate surface area is 167 Å². The molecule has 144 valence electrons. The predicted octanol–water partition coefficient (Wildman–Crippen LogP) is 3.26. The fraction of sp³-hybridized carbons (Fsp3) is 0.333. The van der Waals surface area contributed by atoms with Crippen molar-refractivity contribution in [1.82, 2.24) is 9.73 Å². The van der Waals surface area contributed by atoms with Crippen LogP contribution in [-0.4, -0.2) is 37.9 Å². The van der Waals surface area contributed by atoms with Crippen LogP contribution < -0.4 is 5.43 Å². The lowest BCUT2D eigenvalue weighted by atomic mass is 9.99. The zero-order valence-electron chi connectivity index (χ0n) is 14.8. The molecular weight excluding hydrogens is 406 g/mol. The van der Waals surface area contributed by atoms with E-state index in [-0.39, 0.29) is 17.3 Å². The van der Waals surface area contributed by atoms with Crippen molar-refractivity contribution in [2.75, 3.05) is 13.1 Å². The number of thiophene rings is 1. The summed E-state index contributed by atoms with van der Waals surface area (Å²) in [5.74, 6) is -0.695. The summed E-state index contributed by atoms with van der Waals surface area (Å²) in [6.07, 6.45) is 2.87. The Bertz CT molecular complexity index is 939. The van der Waals surface area contributed by atoms with Gasteiger partial charge >= 0.3 is 0 Å². The van der Waals surface area contributed by atoms with E-state index in [4.69, 9.17) is 11.6 Å². The second kappa shape index (κ2) is 8.52. The van der Waals surface area contributed by atoms with Crippen LogP contribution in [0.1, 0.15) is 23.3 Å². The first kappa shape index (κ1) is 20.0. The van der Waals surface area contributed by atoms with Crippen LogP contribution in [0.2, 0.25) is 5.02 Å². The Morgan fingerprint density at radius 3 is 2.74 bits per heavy atom. The summed E-state index contributed by atoms with van der Waals surface area (Å²) in [5, 5.41) is 6.44. The van der Waals surface area contributed by atoms with Gasteiger partial charge in [-0.05, 0) is 61.0 Å². The summed E-state index contributed by atoms with van der Waals surface area (Å²) in [6, 6.07) is 8.03. The van der Waals surface area contributed by atoms with Gasteiger partial charge in [-0.1, -0.05) is 11.6 Å². The van der Waals surface area contributed by atoms with E-state index in [0.717, 1.165) is 10.4 Å². The average Bonchev–Trinajstić information content (AvgIpc) is 3.07. The number of carbonyl (C=O) groups excluding carboxylic acids is 1. The van der Waals surface area contributed by atoms with E-state index in [1.165, 1.54) is 16.4 Å². The molecule has 1 aliphatic rings. The molecule has 2 heterocycles. The number of carbonyl (C=O) groups is 1. The van der Waals surface area contributed by atoms with Crippen LogP contribution >= 0.6 is 22.9 Å². The first-order valence-electron chi connectivity index (χ1n) is 8.50. The van der Waals surface area contributed by atoms with Gasteiger partial charge in [-0.15, -0.1) is 11.3 Å². The van der Waals surface area contributed by atoms with Gasteiger partial charge in [0.25, 0.3) is 0 Å². The van der Waals surface area contributed by atoms with Gasteiger partial charge in [0.2, 0.25) is 15.9 Å². The molecule has 1 fully saturated rings. The van der Waals surface area contributed by atoms with Gasteiger partial charge in [-0.2, -0.15) is 9.41 Å². The Morgan fingerprint density at radius 2 is 2.07 bits per heavy atom. The third kappa shape index (κ3) is 4.76. The molecule has 9 heteroatoms. The molecule has 1 aromatic heterocycles. The highest BCUT2D eigenvalue weighted by molar-refractivity contribution is 7.89. The first-order valence-corrected chi connectivity index (χ1v) is 11.2. The number of nitrogens with one attached hydrogen (secondary N) is 1. The second-order valence-electron chi connectivity index (χ2n) is 6.36. The largest absolute Gasteiger partial charge is 0.273 e. The van der Waals surface area contributed by atoms with Gasteiger partial charge in [0.05, 0.1) is 17.0 Å². The summed E-state index contributed by atoms with van der Waals surface area (Å²) < 4.78 is 27.0. The van der Waals surface area contributed by atoms with E-state index in [1.807, 2.05) is 18.4 Å². The van der Waals surface area contributed by atoms with Crippen LogP contribution in [-0.2, 0) is 14.8 Å². The molecule has 0 aliphatic carbocycles. The number of benzene rings is 1. The fourth-order valence-electron chi connectivity index (χ4n) is 2.89. The molecule has 1 aromatic carbocycles. The minimum atomic E-state index is -3.65. The van der Waals surface area contributed by atoms with Crippen LogP contribution in [0.4, 0.5) is 0 Å². The number of aryl methyl sites for hydroxylation is 1. The molecule has 27 heavy (non-hydrogen) atoms. The smallest absolute Gasteiger partial charge is 0.244 e. The standard InChI is InChI=1S/C18H20ClN3O3S2/c1-13-8-10-26-17(13)11-20-21-18(23)14-3-2-9-22(12-14)27(24,25)16-6-4-15(19)5-7-16/h4-8,10-11,14H,2-3,9,12H2,1H3,(H,21,23)/b20-11-/t14-/m1/s1. The molecule has 0 radical (unpaired) electrons. The number of nitrogens with zero attached hydrogens (tertiary/aromatic N) is 2. The summed E-state index contributed by atoms with van der Waals surface area (Å²) >= 11 is 7.38. The highest BCUT2D eigenvalue weighted by Crippen LogP contribution is 2.25. The summed E-state index contributed by atoms with van der Waals surface area (Å²) in [5.41, 5.74) is 3.63. The third-order valence-corrected chi connectivity index (χ3v) is 7.55. The Hall–Kier alpha value is -1.74. The van der Waals surface area contributed by atoms with Crippen molar-refractivity contribution in [3.05, 3.63) is 51.2 Å². The highest BCUT2D eigenvalue weighted by Gasteiger charge is 2.33.